The third-order valence-electron chi connectivity index (χ3n) is 4.74. The van der Waals surface area contributed by atoms with E-state index in [1.165, 1.54) is 0 Å². The number of carbonyl (C=O) groups excluding carboxylic acids is 2. The Labute approximate surface area is 146 Å². The number of ether oxygens (including phenoxy) is 1. The Morgan fingerprint density at radius 1 is 1.38 bits per heavy atom. The van der Waals surface area contributed by atoms with E-state index >= 15 is 0 Å². The van der Waals surface area contributed by atoms with Crippen molar-refractivity contribution in [2.75, 3.05) is 19.7 Å². The number of piperidine rings is 1. The lowest BCUT2D eigenvalue weighted by Gasteiger charge is -2.38. The Hall–Kier alpha value is -1.70. The topological polar surface area (TPSA) is 75.6 Å². The van der Waals surface area contributed by atoms with Crippen molar-refractivity contribution < 1.29 is 14.3 Å². The fourth-order valence-corrected chi connectivity index (χ4v) is 4.19. The van der Waals surface area contributed by atoms with Crippen LogP contribution in [0.5, 0.6) is 0 Å². The molecular formula is C16H24N4O3S. The van der Waals surface area contributed by atoms with Crippen LogP contribution in [0.25, 0.3) is 0 Å². The van der Waals surface area contributed by atoms with Crippen molar-refractivity contribution in [1.29, 1.82) is 0 Å². The van der Waals surface area contributed by atoms with Gasteiger partial charge in [-0.25, -0.2) is 4.79 Å². The maximum Gasteiger partial charge on any atom is 0.410 e. The maximum absolute atomic E-state index is 12.5. The Morgan fingerprint density at radius 3 is 2.67 bits per heavy atom. The molecule has 1 aromatic heterocycles. The summed E-state index contributed by atoms with van der Waals surface area (Å²) >= 11 is 1.15. The lowest BCUT2D eigenvalue weighted by atomic mass is 9.98. The first-order valence-electron chi connectivity index (χ1n) is 8.50. The second-order valence-electron chi connectivity index (χ2n) is 6.98. The molecule has 0 aromatic carbocycles. The first-order valence-corrected chi connectivity index (χ1v) is 9.28. The van der Waals surface area contributed by atoms with E-state index in [1.54, 1.807) is 6.92 Å². The number of hydrogen-bond donors (Lipinski definition) is 0. The summed E-state index contributed by atoms with van der Waals surface area (Å²) in [5.41, 5.74) is 0.687. The summed E-state index contributed by atoms with van der Waals surface area (Å²) in [6.45, 7) is 7.92. The largest absolute Gasteiger partial charge is 0.447 e. The van der Waals surface area contributed by atoms with Crippen LogP contribution in [0.3, 0.4) is 0 Å². The van der Waals surface area contributed by atoms with Crippen LogP contribution in [0.1, 0.15) is 48.5 Å². The maximum atomic E-state index is 12.5. The van der Waals surface area contributed by atoms with Gasteiger partial charge in [0.1, 0.15) is 11.5 Å². The quantitative estimate of drug-likeness (QED) is 0.831. The molecule has 0 aliphatic carbocycles. The molecule has 7 nitrogen and oxygen atoms in total. The van der Waals surface area contributed by atoms with Crippen molar-refractivity contribution in [1.82, 2.24) is 19.4 Å². The lowest BCUT2D eigenvalue weighted by Crippen LogP contribution is -2.50. The van der Waals surface area contributed by atoms with Gasteiger partial charge in [-0.1, -0.05) is 18.3 Å². The number of cyclic esters (lactones) is 1. The third-order valence-corrected chi connectivity index (χ3v) is 5.55. The van der Waals surface area contributed by atoms with Crippen LogP contribution in [0.4, 0.5) is 4.79 Å². The molecular weight excluding hydrogens is 328 g/mol. The van der Waals surface area contributed by atoms with Crippen LogP contribution in [-0.2, 0) is 4.74 Å². The van der Waals surface area contributed by atoms with Gasteiger partial charge in [-0.05, 0) is 43.6 Å². The molecule has 2 amide bonds. The number of amides is 2. The normalized spacial score (nSPS) is 22.3. The molecule has 2 fully saturated rings. The highest BCUT2D eigenvalue weighted by Crippen LogP contribution is 2.28. The number of hydrogen-bond acceptors (Lipinski definition) is 6. The Bertz CT molecular complexity index is 610. The highest BCUT2D eigenvalue weighted by Gasteiger charge is 2.40. The summed E-state index contributed by atoms with van der Waals surface area (Å²) < 4.78 is 9.11. The SMILES string of the molecule is Cc1nnsc1C(=O)N1CCC(N2C(=O)OCC2CC(C)C)CC1. The Morgan fingerprint density at radius 2 is 2.08 bits per heavy atom. The Balaban J connectivity index is 1.61. The Kier molecular flexibility index (Phi) is 5.03. The summed E-state index contributed by atoms with van der Waals surface area (Å²) in [6, 6.07) is 0.325. The van der Waals surface area contributed by atoms with Crippen molar-refractivity contribution in [3.63, 3.8) is 0 Å². The number of carbonyl (C=O) groups is 2. The number of aromatic nitrogens is 2. The predicted octanol–water partition coefficient (Wildman–Crippen LogP) is 2.32. The molecule has 3 rings (SSSR count). The van der Waals surface area contributed by atoms with Gasteiger partial charge >= 0.3 is 6.09 Å². The van der Waals surface area contributed by atoms with Gasteiger partial charge in [0, 0.05) is 19.1 Å². The summed E-state index contributed by atoms with van der Waals surface area (Å²) in [6.07, 6.45) is 2.34. The molecule has 2 saturated heterocycles. The van der Waals surface area contributed by atoms with Crippen LogP contribution in [0.2, 0.25) is 0 Å². The summed E-state index contributed by atoms with van der Waals surface area (Å²) in [5, 5.41) is 3.91. The van der Waals surface area contributed by atoms with E-state index in [0.717, 1.165) is 30.8 Å². The van der Waals surface area contributed by atoms with Gasteiger partial charge in [0.2, 0.25) is 0 Å². The monoisotopic (exact) mass is 352 g/mol. The molecule has 1 unspecified atom stereocenters. The lowest BCUT2D eigenvalue weighted by molar-refractivity contribution is 0.0634. The van der Waals surface area contributed by atoms with Crippen molar-refractivity contribution >= 4 is 23.5 Å². The summed E-state index contributed by atoms with van der Waals surface area (Å²) in [4.78, 5) is 29.0. The van der Waals surface area contributed by atoms with E-state index in [1.807, 2.05) is 9.80 Å². The predicted molar refractivity (Wildman–Crippen MR) is 90.0 cm³/mol. The van der Waals surface area contributed by atoms with Crippen molar-refractivity contribution in [3.05, 3.63) is 10.6 Å². The molecule has 1 atom stereocenters. The van der Waals surface area contributed by atoms with E-state index < -0.39 is 0 Å². The number of likely N-dealkylation sites (tertiary alicyclic amines) is 1. The second kappa shape index (κ2) is 7.04. The minimum Gasteiger partial charge on any atom is -0.447 e. The van der Waals surface area contributed by atoms with E-state index in [4.69, 9.17) is 4.74 Å². The molecule has 8 heteroatoms. The average molecular weight is 352 g/mol. The molecule has 0 N–H and O–H groups in total. The average Bonchev–Trinajstić information content (AvgIpc) is 3.12. The fourth-order valence-electron chi connectivity index (χ4n) is 3.56. The molecule has 132 valence electrons. The minimum atomic E-state index is -0.201. The van der Waals surface area contributed by atoms with Gasteiger partial charge in [0.05, 0.1) is 11.7 Å². The van der Waals surface area contributed by atoms with Crippen LogP contribution < -0.4 is 0 Å². The van der Waals surface area contributed by atoms with Crippen molar-refractivity contribution in [2.24, 2.45) is 5.92 Å². The summed E-state index contributed by atoms with van der Waals surface area (Å²) in [7, 11) is 0. The van der Waals surface area contributed by atoms with E-state index in [0.29, 0.717) is 36.2 Å². The van der Waals surface area contributed by atoms with Crippen LogP contribution in [-0.4, -0.2) is 63.2 Å². The molecule has 0 saturated carbocycles. The number of aryl methyl sites for hydroxylation is 1. The molecule has 1 aromatic rings. The smallest absolute Gasteiger partial charge is 0.410 e. The van der Waals surface area contributed by atoms with Crippen molar-refractivity contribution in [3.8, 4) is 0 Å². The van der Waals surface area contributed by atoms with Gasteiger partial charge in [-0.2, -0.15) is 0 Å². The molecule has 3 heterocycles. The molecule has 2 aliphatic heterocycles. The molecule has 0 spiro atoms. The first kappa shape index (κ1) is 17.1. The highest BCUT2D eigenvalue weighted by atomic mass is 32.1. The number of rotatable bonds is 4. The van der Waals surface area contributed by atoms with Gasteiger partial charge in [-0.3, -0.25) is 9.69 Å². The van der Waals surface area contributed by atoms with Crippen molar-refractivity contribution in [2.45, 2.75) is 52.1 Å². The van der Waals surface area contributed by atoms with Gasteiger partial charge < -0.3 is 9.64 Å². The first-order chi connectivity index (χ1) is 11.5. The molecule has 0 radical (unpaired) electrons. The zero-order chi connectivity index (χ0) is 17.3. The zero-order valence-corrected chi connectivity index (χ0v) is 15.2. The minimum absolute atomic E-state index is 0.00341. The van der Waals surface area contributed by atoms with Gasteiger partial charge in [0.25, 0.3) is 5.91 Å². The molecule has 2 aliphatic rings. The van der Waals surface area contributed by atoms with Gasteiger partial charge in [0.15, 0.2) is 0 Å². The van der Waals surface area contributed by atoms with E-state index in [9.17, 15) is 9.59 Å². The summed E-state index contributed by atoms with van der Waals surface area (Å²) in [5.74, 6) is 0.527. The standard InChI is InChI=1S/C16H24N4O3S/c1-10(2)8-13-9-23-16(22)20(13)12-4-6-19(7-5-12)15(21)14-11(3)17-18-24-14/h10,12-13H,4-9H2,1-3H3. The zero-order valence-electron chi connectivity index (χ0n) is 14.4. The van der Waals surface area contributed by atoms with Gasteiger partial charge in [-0.15, -0.1) is 5.10 Å². The number of nitrogens with zero attached hydrogens (tertiary/aromatic N) is 4. The third kappa shape index (κ3) is 3.38. The van der Waals surface area contributed by atoms with Crippen LogP contribution >= 0.6 is 11.5 Å². The second-order valence-corrected chi connectivity index (χ2v) is 7.73. The molecule has 0 bridgehead atoms. The fraction of sp³-hybridized carbons (Fsp3) is 0.750. The molecule has 24 heavy (non-hydrogen) atoms. The van der Waals surface area contributed by atoms with E-state index in [-0.39, 0.29) is 24.1 Å². The van der Waals surface area contributed by atoms with Crippen LogP contribution in [0, 0.1) is 12.8 Å². The highest BCUT2D eigenvalue weighted by molar-refractivity contribution is 7.07. The van der Waals surface area contributed by atoms with E-state index in [2.05, 4.69) is 23.4 Å². The van der Waals surface area contributed by atoms with Crippen LogP contribution in [0.15, 0.2) is 0 Å².